The predicted octanol–water partition coefficient (Wildman–Crippen LogP) is 4.21. The number of fused-ring (bicyclic) bond motifs is 1. The Kier molecular flexibility index (Phi) is 4.44. The number of aliphatic hydroxyl groups is 1. The van der Waals surface area contributed by atoms with E-state index in [1.807, 2.05) is 6.92 Å². The van der Waals surface area contributed by atoms with E-state index in [1.165, 1.54) is 12.1 Å². The van der Waals surface area contributed by atoms with Crippen LogP contribution in [-0.2, 0) is 0 Å². The molecule has 5 nitrogen and oxygen atoms in total. The van der Waals surface area contributed by atoms with Gasteiger partial charge >= 0.3 is 0 Å². The van der Waals surface area contributed by atoms with Gasteiger partial charge in [-0.2, -0.15) is 0 Å². The van der Waals surface area contributed by atoms with E-state index in [1.54, 1.807) is 12.1 Å². The summed E-state index contributed by atoms with van der Waals surface area (Å²) in [7, 11) is 0. The minimum absolute atomic E-state index is 0.156. The lowest BCUT2D eigenvalue weighted by molar-refractivity contribution is 0.126. The SMILES string of the molecule is CC1=Nc2nc(-c3cccc(F)c3)nc(N[C@H]3CC[C@H](O)CC3)c2C1C. The molecule has 2 heterocycles. The first-order valence-electron chi connectivity index (χ1n) is 9.19. The Labute approximate surface area is 152 Å². The summed E-state index contributed by atoms with van der Waals surface area (Å²) >= 11 is 0. The number of rotatable bonds is 3. The first kappa shape index (κ1) is 17.1. The summed E-state index contributed by atoms with van der Waals surface area (Å²) in [6.45, 7) is 4.10. The number of aliphatic imine (C=N–C) groups is 1. The fourth-order valence-electron chi connectivity index (χ4n) is 3.69. The van der Waals surface area contributed by atoms with Gasteiger partial charge in [0.2, 0.25) is 0 Å². The van der Waals surface area contributed by atoms with Crippen LogP contribution in [0.4, 0.5) is 16.0 Å². The van der Waals surface area contributed by atoms with Gasteiger partial charge in [-0.1, -0.05) is 19.1 Å². The van der Waals surface area contributed by atoms with Crippen LogP contribution < -0.4 is 5.32 Å². The summed E-state index contributed by atoms with van der Waals surface area (Å²) in [4.78, 5) is 13.9. The summed E-state index contributed by atoms with van der Waals surface area (Å²) in [5.41, 5.74) is 2.66. The third kappa shape index (κ3) is 3.21. The molecule has 2 aliphatic rings. The number of benzene rings is 1. The number of hydrogen-bond donors (Lipinski definition) is 2. The normalized spacial score (nSPS) is 24.9. The van der Waals surface area contributed by atoms with E-state index >= 15 is 0 Å². The number of nitrogens with one attached hydrogen (secondary N) is 1. The Morgan fingerprint density at radius 1 is 1.15 bits per heavy atom. The van der Waals surface area contributed by atoms with Crippen molar-refractivity contribution in [3.05, 3.63) is 35.6 Å². The zero-order chi connectivity index (χ0) is 18.3. The lowest BCUT2D eigenvalue weighted by Crippen LogP contribution is -2.29. The number of anilines is 1. The van der Waals surface area contributed by atoms with Crippen LogP contribution in [0.5, 0.6) is 0 Å². The molecule has 6 heteroatoms. The zero-order valence-corrected chi connectivity index (χ0v) is 15.0. The number of aromatic nitrogens is 2. The van der Waals surface area contributed by atoms with Crippen LogP contribution in [0.2, 0.25) is 0 Å². The topological polar surface area (TPSA) is 70.4 Å². The van der Waals surface area contributed by atoms with Gasteiger partial charge in [-0.15, -0.1) is 0 Å². The summed E-state index contributed by atoms with van der Waals surface area (Å²) in [5.74, 6) is 1.78. The summed E-state index contributed by atoms with van der Waals surface area (Å²) in [6.07, 6.45) is 3.21. The maximum atomic E-state index is 13.6. The molecule has 1 unspecified atom stereocenters. The highest BCUT2D eigenvalue weighted by atomic mass is 19.1. The van der Waals surface area contributed by atoms with Gasteiger partial charge in [0.1, 0.15) is 11.6 Å². The zero-order valence-electron chi connectivity index (χ0n) is 15.0. The molecule has 0 radical (unpaired) electrons. The number of halogens is 1. The second-order valence-electron chi connectivity index (χ2n) is 7.27. The van der Waals surface area contributed by atoms with Crippen molar-refractivity contribution in [3.8, 4) is 11.4 Å². The van der Waals surface area contributed by atoms with Crippen molar-refractivity contribution < 1.29 is 9.50 Å². The van der Waals surface area contributed by atoms with Gasteiger partial charge < -0.3 is 10.4 Å². The van der Waals surface area contributed by atoms with Crippen molar-refractivity contribution in [1.82, 2.24) is 9.97 Å². The molecule has 1 aromatic carbocycles. The molecule has 0 saturated heterocycles. The molecule has 1 atom stereocenters. The van der Waals surface area contributed by atoms with Gasteiger partial charge in [-0.05, 0) is 44.7 Å². The molecule has 1 aliphatic heterocycles. The molecule has 0 bridgehead atoms. The summed E-state index contributed by atoms with van der Waals surface area (Å²) in [6, 6.07) is 6.59. The number of hydrogen-bond acceptors (Lipinski definition) is 5. The van der Waals surface area contributed by atoms with Gasteiger partial charge in [0.05, 0.1) is 6.10 Å². The Morgan fingerprint density at radius 2 is 1.92 bits per heavy atom. The van der Waals surface area contributed by atoms with Crippen LogP contribution in [0, 0.1) is 5.82 Å². The third-order valence-corrected chi connectivity index (χ3v) is 5.39. The highest BCUT2D eigenvalue weighted by Gasteiger charge is 2.29. The molecule has 0 spiro atoms. The minimum Gasteiger partial charge on any atom is -0.393 e. The molecule has 0 amide bonds. The second kappa shape index (κ2) is 6.76. The number of nitrogens with zero attached hydrogens (tertiary/aromatic N) is 3. The monoisotopic (exact) mass is 354 g/mol. The Balaban J connectivity index is 1.73. The van der Waals surface area contributed by atoms with Crippen molar-refractivity contribution in [3.63, 3.8) is 0 Å². The van der Waals surface area contributed by atoms with Gasteiger partial charge in [0, 0.05) is 28.8 Å². The molecule has 1 aromatic heterocycles. The van der Waals surface area contributed by atoms with Crippen LogP contribution in [-0.4, -0.2) is 32.9 Å². The highest BCUT2D eigenvalue weighted by molar-refractivity contribution is 5.97. The van der Waals surface area contributed by atoms with Crippen LogP contribution in [0.25, 0.3) is 11.4 Å². The van der Waals surface area contributed by atoms with Crippen molar-refractivity contribution in [2.75, 3.05) is 5.32 Å². The minimum atomic E-state index is -0.310. The first-order chi connectivity index (χ1) is 12.5. The molecule has 1 aliphatic carbocycles. The van der Waals surface area contributed by atoms with E-state index in [4.69, 9.17) is 4.98 Å². The van der Waals surface area contributed by atoms with Crippen LogP contribution in [0.15, 0.2) is 29.3 Å². The average molecular weight is 354 g/mol. The quantitative estimate of drug-likeness (QED) is 0.866. The number of aliphatic hydroxyl groups excluding tert-OH is 1. The van der Waals surface area contributed by atoms with Crippen molar-refractivity contribution in [2.45, 2.75) is 57.6 Å². The van der Waals surface area contributed by atoms with Crippen LogP contribution >= 0.6 is 0 Å². The van der Waals surface area contributed by atoms with Crippen LogP contribution in [0.3, 0.4) is 0 Å². The lowest BCUT2D eigenvalue weighted by atomic mass is 9.92. The van der Waals surface area contributed by atoms with Crippen LogP contribution in [0.1, 0.15) is 51.0 Å². The smallest absolute Gasteiger partial charge is 0.164 e. The van der Waals surface area contributed by atoms with Gasteiger partial charge in [0.15, 0.2) is 11.6 Å². The predicted molar refractivity (Wildman–Crippen MR) is 100 cm³/mol. The van der Waals surface area contributed by atoms with Gasteiger partial charge in [0.25, 0.3) is 0 Å². The lowest BCUT2D eigenvalue weighted by Gasteiger charge is -2.27. The van der Waals surface area contributed by atoms with Gasteiger partial charge in [-0.25, -0.2) is 19.4 Å². The van der Waals surface area contributed by atoms with Crippen molar-refractivity contribution >= 4 is 17.3 Å². The fraction of sp³-hybridized carbons (Fsp3) is 0.450. The fourth-order valence-corrected chi connectivity index (χ4v) is 3.69. The molecule has 1 saturated carbocycles. The second-order valence-corrected chi connectivity index (χ2v) is 7.27. The molecular weight excluding hydrogens is 331 g/mol. The van der Waals surface area contributed by atoms with E-state index in [2.05, 4.69) is 22.2 Å². The molecule has 4 rings (SSSR count). The molecule has 26 heavy (non-hydrogen) atoms. The summed E-state index contributed by atoms with van der Waals surface area (Å²) in [5, 5.41) is 13.3. The Morgan fingerprint density at radius 3 is 2.65 bits per heavy atom. The van der Waals surface area contributed by atoms with E-state index < -0.39 is 0 Å². The Hall–Kier alpha value is -2.34. The molecule has 2 N–H and O–H groups in total. The Bertz CT molecular complexity index is 859. The van der Waals surface area contributed by atoms with E-state index in [-0.39, 0.29) is 23.9 Å². The van der Waals surface area contributed by atoms with E-state index in [0.717, 1.165) is 42.8 Å². The first-order valence-corrected chi connectivity index (χ1v) is 9.19. The molecule has 136 valence electrons. The van der Waals surface area contributed by atoms with Gasteiger partial charge in [-0.3, -0.25) is 0 Å². The summed E-state index contributed by atoms with van der Waals surface area (Å²) < 4.78 is 13.6. The van der Waals surface area contributed by atoms with E-state index in [0.29, 0.717) is 17.2 Å². The maximum Gasteiger partial charge on any atom is 0.164 e. The van der Waals surface area contributed by atoms with E-state index in [9.17, 15) is 9.50 Å². The highest BCUT2D eigenvalue weighted by Crippen LogP contribution is 2.40. The van der Waals surface area contributed by atoms with Crippen molar-refractivity contribution in [2.24, 2.45) is 4.99 Å². The third-order valence-electron chi connectivity index (χ3n) is 5.39. The maximum absolute atomic E-state index is 13.6. The largest absolute Gasteiger partial charge is 0.393 e. The molecular formula is C20H23FN4O. The standard InChI is InChI=1S/C20H23FN4O/c1-11-12(2)22-19-17(11)20(23-15-6-8-16(26)9-7-15)25-18(24-19)13-4-3-5-14(21)10-13/h3-5,10-11,15-16,26H,6-9H2,1-2H3,(H,23,24,25)/t11?,15-,16-. The molecule has 2 aromatic rings. The van der Waals surface area contributed by atoms with Crippen molar-refractivity contribution in [1.29, 1.82) is 0 Å². The average Bonchev–Trinajstić information content (AvgIpc) is 2.91. The molecule has 1 fully saturated rings.